The summed E-state index contributed by atoms with van der Waals surface area (Å²) >= 11 is 0. The summed E-state index contributed by atoms with van der Waals surface area (Å²) in [5, 5.41) is 3.14. The standard InChI is InChI=1S/C12H19NO5S/c1-17-11-6-5-10(9-12(11)18-2)13-7-3-4-8-19(14,15)16/h5-6,9,13H,3-4,7-8H2,1-2H3,(H,14,15,16). The van der Waals surface area contributed by atoms with Crippen LogP contribution in [0.3, 0.4) is 0 Å². The van der Waals surface area contributed by atoms with Crippen molar-refractivity contribution in [2.45, 2.75) is 12.8 Å². The zero-order valence-corrected chi connectivity index (χ0v) is 11.9. The second kappa shape index (κ2) is 7.20. The molecule has 0 aliphatic rings. The Labute approximate surface area is 113 Å². The molecule has 1 aromatic rings. The first-order chi connectivity index (χ1) is 8.96. The first-order valence-corrected chi connectivity index (χ1v) is 7.48. The molecule has 0 aliphatic carbocycles. The lowest BCUT2D eigenvalue weighted by atomic mass is 10.2. The Hall–Kier alpha value is -1.47. The van der Waals surface area contributed by atoms with E-state index in [0.29, 0.717) is 30.9 Å². The highest BCUT2D eigenvalue weighted by Gasteiger charge is 2.05. The van der Waals surface area contributed by atoms with E-state index >= 15 is 0 Å². The zero-order valence-electron chi connectivity index (χ0n) is 11.0. The van der Waals surface area contributed by atoms with E-state index in [-0.39, 0.29) is 5.75 Å². The number of methoxy groups -OCH3 is 2. The largest absolute Gasteiger partial charge is 0.493 e. The number of anilines is 1. The maximum Gasteiger partial charge on any atom is 0.264 e. The van der Waals surface area contributed by atoms with Crippen LogP contribution in [-0.4, -0.2) is 39.5 Å². The molecule has 1 aromatic carbocycles. The molecule has 0 bridgehead atoms. The van der Waals surface area contributed by atoms with Crippen LogP contribution in [0, 0.1) is 0 Å². The molecule has 0 spiro atoms. The summed E-state index contributed by atoms with van der Waals surface area (Å²) in [5.74, 6) is 1.07. The fourth-order valence-corrected chi connectivity index (χ4v) is 2.16. The van der Waals surface area contributed by atoms with E-state index in [9.17, 15) is 8.42 Å². The van der Waals surface area contributed by atoms with Crippen LogP contribution in [-0.2, 0) is 10.1 Å². The fourth-order valence-electron chi connectivity index (χ4n) is 1.59. The van der Waals surface area contributed by atoms with Crippen molar-refractivity contribution in [2.24, 2.45) is 0 Å². The van der Waals surface area contributed by atoms with Crippen molar-refractivity contribution in [1.82, 2.24) is 0 Å². The molecular weight excluding hydrogens is 270 g/mol. The molecule has 1 rings (SSSR count). The molecule has 0 saturated heterocycles. The van der Waals surface area contributed by atoms with E-state index in [4.69, 9.17) is 14.0 Å². The van der Waals surface area contributed by atoms with Gasteiger partial charge >= 0.3 is 0 Å². The van der Waals surface area contributed by atoms with Crippen molar-refractivity contribution >= 4 is 15.8 Å². The van der Waals surface area contributed by atoms with Gasteiger partial charge in [0.15, 0.2) is 11.5 Å². The van der Waals surface area contributed by atoms with Crippen LogP contribution in [0.25, 0.3) is 0 Å². The molecule has 6 nitrogen and oxygen atoms in total. The molecule has 19 heavy (non-hydrogen) atoms. The maximum absolute atomic E-state index is 10.5. The summed E-state index contributed by atoms with van der Waals surface area (Å²) in [6.07, 6.45) is 1.06. The van der Waals surface area contributed by atoms with Crippen LogP contribution in [0.2, 0.25) is 0 Å². The molecule has 0 amide bonds. The highest BCUT2D eigenvalue weighted by Crippen LogP contribution is 2.29. The molecule has 2 N–H and O–H groups in total. The molecule has 0 aliphatic heterocycles. The van der Waals surface area contributed by atoms with Gasteiger partial charge in [0.1, 0.15) is 0 Å². The van der Waals surface area contributed by atoms with Crippen molar-refractivity contribution in [3.8, 4) is 11.5 Å². The van der Waals surface area contributed by atoms with Gasteiger partial charge in [-0.3, -0.25) is 4.55 Å². The first-order valence-electron chi connectivity index (χ1n) is 5.87. The number of hydrogen-bond acceptors (Lipinski definition) is 5. The number of rotatable bonds is 8. The number of ether oxygens (including phenoxy) is 2. The number of unbranched alkanes of at least 4 members (excludes halogenated alkanes) is 1. The Balaban J connectivity index is 2.41. The van der Waals surface area contributed by atoms with Gasteiger partial charge in [0, 0.05) is 18.3 Å². The molecule has 0 unspecified atom stereocenters. The quantitative estimate of drug-likeness (QED) is 0.560. The lowest BCUT2D eigenvalue weighted by Crippen LogP contribution is -2.07. The summed E-state index contributed by atoms with van der Waals surface area (Å²) in [5.41, 5.74) is 0.865. The molecular formula is C12H19NO5S. The minimum atomic E-state index is -3.85. The van der Waals surface area contributed by atoms with Gasteiger partial charge in [-0.2, -0.15) is 8.42 Å². The minimum Gasteiger partial charge on any atom is -0.493 e. The van der Waals surface area contributed by atoms with Crippen LogP contribution in [0.5, 0.6) is 11.5 Å². The summed E-state index contributed by atoms with van der Waals surface area (Å²) in [4.78, 5) is 0. The highest BCUT2D eigenvalue weighted by molar-refractivity contribution is 7.85. The van der Waals surface area contributed by atoms with E-state index in [1.54, 1.807) is 20.3 Å². The Kier molecular flexibility index (Phi) is 5.91. The summed E-state index contributed by atoms with van der Waals surface area (Å²) < 4.78 is 39.9. The molecule has 0 heterocycles. The smallest absolute Gasteiger partial charge is 0.264 e. The van der Waals surface area contributed by atoms with E-state index < -0.39 is 10.1 Å². The fraction of sp³-hybridized carbons (Fsp3) is 0.500. The molecule has 0 atom stereocenters. The Morgan fingerprint density at radius 3 is 2.42 bits per heavy atom. The normalized spacial score (nSPS) is 11.1. The third-order valence-electron chi connectivity index (χ3n) is 2.54. The van der Waals surface area contributed by atoms with Crippen LogP contribution < -0.4 is 14.8 Å². The zero-order chi connectivity index (χ0) is 14.3. The van der Waals surface area contributed by atoms with Gasteiger partial charge in [-0.1, -0.05) is 0 Å². The minimum absolute atomic E-state index is 0.208. The third kappa shape index (κ3) is 5.80. The highest BCUT2D eigenvalue weighted by atomic mass is 32.2. The van der Waals surface area contributed by atoms with Crippen LogP contribution in [0.1, 0.15) is 12.8 Å². The Morgan fingerprint density at radius 1 is 1.16 bits per heavy atom. The van der Waals surface area contributed by atoms with Crippen LogP contribution >= 0.6 is 0 Å². The lowest BCUT2D eigenvalue weighted by Gasteiger charge is -2.11. The average Bonchev–Trinajstić information content (AvgIpc) is 2.36. The molecule has 0 fully saturated rings. The molecule has 7 heteroatoms. The SMILES string of the molecule is COc1ccc(NCCCCS(=O)(=O)O)cc1OC. The number of hydrogen-bond donors (Lipinski definition) is 2. The second-order valence-corrected chi connectivity index (χ2v) is 5.56. The molecule has 0 aromatic heterocycles. The molecule has 108 valence electrons. The van der Waals surface area contributed by atoms with Gasteiger partial charge in [0.2, 0.25) is 0 Å². The summed E-state index contributed by atoms with van der Waals surface area (Å²) in [7, 11) is -0.720. The Morgan fingerprint density at radius 2 is 1.84 bits per heavy atom. The topological polar surface area (TPSA) is 84.9 Å². The second-order valence-electron chi connectivity index (χ2n) is 3.99. The van der Waals surface area contributed by atoms with Crippen molar-refractivity contribution < 1.29 is 22.4 Å². The average molecular weight is 289 g/mol. The van der Waals surface area contributed by atoms with Gasteiger partial charge in [-0.05, 0) is 25.0 Å². The monoisotopic (exact) mass is 289 g/mol. The van der Waals surface area contributed by atoms with Crippen molar-refractivity contribution in [1.29, 1.82) is 0 Å². The van der Waals surface area contributed by atoms with Gasteiger partial charge in [0.25, 0.3) is 10.1 Å². The van der Waals surface area contributed by atoms with E-state index in [1.807, 2.05) is 12.1 Å². The van der Waals surface area contributed by atoms with Gasteiger partial charge in [-0.25, -0.2) is 0 Å². The third-order valence-corrected chi connectivity index (χ3v) is 3.35. The van der Waals surface area contributed by atoms with Gasteiger partial charge in [0.05, 0.1) is 20.0 Å². The van der Waals surface area contributed by atoms with Gasteiger partial charge < -0.3 is 14.8 Å². The van der Waals surface area contributed by atoms with Crippen molar-refractivity contribution in [3.63, 3.8) is 0 Å². The predicted octanol–water partition coefficient (Wildman–Crippen LogP) is 1.78. The van der Waals surface area contributed by atoms with Crippen LogP contribution in [0.15, 0.2) is 18.2 Å². The number of benzene rings is 1. The van der Waals surface area contributed by atoms with E-state index in [0.717, 1.165) is 5.69 Å². The summed E-state index contributed by atoms with van der Waals surface area (Å²) in [6, 6.07) is 5.45. The molecule has 0 saturated carbocycles. The van der Waals surface area contributed by atoms with Crippen molar-refractivity contribution in [2.75, 3.05) is 31.8 Å². The molecule has 0 radical (unpaired) electrons. The predicted molar refractivity (Wildman–Crippen MR) is 73.7 cm³/mol. The lowest BCUT2D eigenvalue weighted by molar-refractivity contribution is 0.355. The number of nitrogens with one attached hydrogen (secondary N) is 1. The van der Waals surface area contributed by atoms with Gasteiger partial charge in [-0.15, -0.1) is 0 Å². The maximum atomic E-state index is 10.5. The first kappa shape index (κ1) is 15.6. The van der Waals surface area contributed by atoms with E-state index in [1.165, 1.54) is 0 Å². The van der Waals surface area contributed by atoms with Crippen molar-refractivity contribution in [3.05, 3.63) is 18.2 Å². The van der Waals surface area contributed by atoms with Crippen LogP contribution in [0.4, 0.5) is 5.69 Å². The Bertz CT molecular complexity index is 501. The summed E-state index contributed by atoms with van der Waals surface area (Å²) in [6.45, 7) is 0.616. The van der Waals surface area contributed by atoms with E-state index in [2.05, 4.69) is 5.32 Å².